The number of rotatable bonds is 9. The maximum Gasteiger partial charge on any atom is 0.129 e. The van der Waals surface area contributed by atoms with Crippen molar-refractivity contribution in [2.24, 2.45) is 17.3 Å². The molecule has 1 fully saturated rings. The molecule has 0 saturated carbocycles. The number of hydrogen-bond acceptors (Lipinski definition) is 3. The normalized spacial score (nSPS) is 23.7. The second-order valence-electron chi connectivity index (χ2n) is 6.92. The highest BCUT2D eigenvalue weighted by Crippen LogP contribution is 2.27. The van der Waals surface area contributed by atoms with Crippen molar-refractivity contribution in [2.75, 3.05) is 32.8 Å². The topological polar surface area (TPSA) is 29.5 Å². The van der Waals surface area contributed by atoms with Crippen LogP contribution >= 0.6 is 0 Å². The number of nitrogens with zero attached hydrogens (tertiary/aromatic N) is 1. The lowest BCUT2D eigenvalue weighted by Gasteiger charge is -2.31. The number of aldehydes is 1. The van der Waals surface area contributed by atoms with E-state index in [-0.39, 0.29) is 5.41 Å². The molecule has 0 aromatic carbocycles. The zero-order chi connectivity index (χ0) is 14.3. The lowest BCUT2D eigenvalue weighted by molar-refractivity contribution is -0.117. The van der Waals surface area contributed by atoms with Crippen LogP contribution in [0.4, 0.5) is 0 Å². The first kappa shape index (κ1) is 16.6. The van der Waals surface area contributed by atoms with Crippen LogP contribution in [-0.2, 0) is 9.53 Å². The summed E-state index contributed by atoms with van der Waals surface area (Å²) in [6.07, 6.45) is 4.43. The molecule has 0 N–H and O–H groups in total. The second kappa shape index (κ2) is 8.01. The van der Waals surface area contributed by atoms with Crippen LogP contribution in [0, 0.1) is 17.3 Å². The van der Waals surface area contributed by atoms with Crippen molar-refractivity contribution in [2.45, 2.75) is 47.0 Å². The Balaban J connectivity index is 2.53. The van der Waals surface area contributed by atoms with Crippen LogP contribution in [0.1, 0.15) is 47.0 Å². The standard InChI is InChI=1S/C16H31NO2/c1-14(2)5-8-17(9-6-15(3)4)11-16(12-18)7-10-19-13-16/h12,14-15H,5-11,13H2,1-4H3. The van der Waals surface area contributed by atoms with Crippen molar-refractivity contribution in [1.29, 1.82) is 0 Å². The Morgan fingerprint density at radius 2 is 1.74 bits per heavy atom. The molecule has 112 valence electrons. The predicted molar refractivity (Wildman–Crippen MR) is 79.3 cm³/mol. The van der Waals surface area contributed by atoms with Crippen LogP contribution in [-0.4, -0.2) is 44.0 Å². The lowest BCUT2D eigenvalue weighted by atomic mass is 9.88. The van der Waals surface area contributed by atoms with E-state index in [1.165, 1.54) is 12.8 Å². The van der Waals surface area contributed by atoms with E-state index in [9.17, 15) is 4.79 Å². The quantitative estimate of drug-likeness (QED) is 0.603. The van der Waals surface area contributed by atoms with Gasteiger partial charge >= 0.3 is 0 Å². The molecule has 1 aliphatic rings. The predicted octanol–water partition coefficient (Wildman–Crippen LogP) is 2.99. The molecule has 0 aromatic rings. The molecule has 0 amide bonds. The van der Waals surface area contributed by atoms with Crippen LogP contribution < -0.4 is 0 Å². The largest absolute Gasteiger partial charge is 0.380 e. The summed E-state index contributed by atoms with van der Waals surface area (Å²) < 4.78 is 5.45. The van der Waals surface area contributed by atoms with Gasteiger partial charge in [0.2, 0.25) is 0 Å². The Hall–Kier alpha value is -0.410. The molecule has 1 heterocycles. The van der Waals surface area contributed by atoms with Gasteiger partial charge in [-0.05, 0) is 44.2 Å². The molecule has 1 saturated heterocycles. The van der Waals surface area contributed by atoms with Crippen molar-refractivity contribution in [3.05, 3.63) is 0 Å². The van der Waals surface area contributed by atoms with Gasteiger partial charge < -0.3 is 14.4 Å². The van der Waals surface area contributed by atoms with Gasteiger partial charge in [-0.1, -0.05) is 27.7 Å². The molecular weight excluding hydrogens is 238 g/mol. The van der Waals surface area contributed by atoms with Crippen molar-refractivity contribution < 1.29 is 9.53 Å². The third kappa shape index (κ3) is 6.05. The lowest BCUT2D eigenvalue weighted by Crippen LogP contribution is -2.41. The third-order valence-corrected chi connectivity index (χ3v) is 3.97. The van der Waals surface area contributed by atoms with Gasteiger partial charge in [0.25, 0.3) is 0 Å². The summed E-state index contributed by atoms with van der Waals surface area (Å²) in [6, 6.07) is 0. The van der Waals surface area contributed by atoms with E-state index in [1.54, 1.807) is 0 Å². The molecule has 0 radical (unpaired) electrons. The first-order valence-electron chi connectivity index (χ1n) is 7.74. The highest BCUT2D eigenvalue weighted by atomic mass is 16.5. The minimum atomic E-state index is -0.242. The Morgan fingerprint density at radius 1 is 1.16 bits per heavy atom. The fourth-order valence-electron chi connectivity index (χ4n) is 2.47. The summed E-state index contributed by atoms with van der Waals surface area (Å²) in [5.41, 5.74) is -0.242. The smallest absolute Gasteiger partial charge is 0.129 e. The van der Waals surface area contributed by atoms with Gasteiger partial charge in [0.15, 0.2) is 0 Å². The average molecular weight is 269 g/mol. The van der Waals surface area contributed by atoms with Crippen LogP contribution in [0.5, 0.6) is 0 Å². The van der Waals surface area contributed by atoms with Gasteiger partial charge in [-0.2, -0.15) is 0 Å². The highest BCUT2D eigenvalue weighted by Gasteiger charge is 2.36. The number of carbonyl (C=O) groups is 1. The maximum absolute atomic E-state index is 11.4. The summed E-state index contributed by atoms with van der Waals surface area (Å²) >= 11 is 0. The number of carbonyl (C=O) groups excluding carboxylic acids is 1. The first-order valence-corrected chi connectivity index (χ1v) is 7.74. The third-order valence-electron chi connectivity index (χ3n) is 3.97. The molecule has 0 bridgehead atoms. The van der Waals surface area contributed by atoms with Crippen LogP contribution in [0.2, 0.25) is 0 Å². The Morgan fingerprint density at radius 3 is 2.11 bits per heavy atom. The molecule has 0 aromatic heterocycles. The van der Waals surface area contributed by atoms with Gasteiger partial charge in [0.05, 0.1) is 12.0 Å². The highest BCUT2D eigenvalue weighted by molar-refractivity contribution is 5.60. The molecular formula is C16H31NO2. The number of ether oxygens (including phenoxy) is 1. The van der Waals surface area contributed by atoms with Crippen molar-refractivity contribution in [3.63, 3.8) is 0 Å². The van der Waals surface area contributed by atoms with E-state index in [4.69, 9.17) is 4.74 Å². The summed E-state index contributed by atoms with van der Waals surface area (Å²) in [7, 11) is 0. The van der Waals surface area contributed by atoms with E-state index in [2.05, 4.69) is 32.6 Å². The van der Waals surface area contributed by atoms with E-state index >= 15 is 0 Å². The molecule has 1 unspecified atom stereocenters. The van der Waals surface area contributed by atoms with Gasteiger partial charge in [0.1, 0.15) is 6.29 Å². The molecule has 1 rings (SSSR count). The Kier molecular flexibility index (Phi) is 7.01. The van der Waals surface area contributed by atoms with Gasteiger partial charge in [-0.15, -0.1) is 0 Å². The zero-order valence-electron chi connectivity index (χ0n) is 13.2. The van der Waals surface area contributed by atoms with E-state index in [1.807, 2.05) is 0 Å². The SMILES string of the molecule is CC(C)CCN(CCC(C)C)CC1(C=O)CCOC1. The van der Waals surface area contributed by atoms with Crippen LogP contribution in [0.15, 0.2) is 0 Å². The van der Waals surface area contributed by atoms with Crippen LogP contribution in [0.3, 0.4) is 0 Å². The molecule has 0 aliphatic carbocycles. The molecule has 0 spiro atoms. The summed E-state index contributed by atoms with van der Waals surface area (Å²) in [4.78, 5) is 13.9. The second-order valence-corrected chi connectivity index (χ2v) is 6.92. The van der Waals surface area contributed by atoms with Gasteiger partial charge in [-0.3, -0.25) is 0 Å². The van der Waals surface area contributed by atoms with E-state index in [0.717, 1.165) is 38.9 Å². The van der Waals surface area contributed by atoms with E-state index in [0.29, 0.717) is 18.4 Å². The Bertz CT molecular complexity index is 245. The molecule has 19 heavy (non-hydrogen) atoms. The van der Waals surface area contributed by atoms with Gasteiger partial charge in [-0.25, -0.2) is 0 Å². The minimum Gasteiger partial charge on any atom is -0.380 e. The molecule has 3 nitrogen and oxygen atoms in total. The maximum atomic E-state index is 11.4. The fourth-order valence-corrected chi connectivity index (χ4v) is 2.47. The summed E-state index contributed by atoms with van der Waals surface area (Å²) in [6.45, 7) is 13.4. The fraction of sp³-hybridized carbons (Fsp3) is 0.938. The Labute approximate surface area is 118 Å². The average Bonchev–Trinajstić information content (AvgIpc) is 2.81. The van der Waals surface area contributed by atoms with Crippen molar-refractivity contribution in [3.8, 4) is 0 Å². The zero-order valence-corrected chi connectivity index (χ0v) is 13.2. The number of hydrogen-bond donors (Lipinski definition) is 0. The minimum absolute atomic E-state index is 0.242. The van der Waals surface area contributed by atoms with E-state index < -0.39 is 0 Å². The van der Waals surface area contributed by atoms with Crippen molar-refractivity contribution >= 4 is 6.29 Å². The monoisotopic (exact) mass is 269 g/mol. The molecule has 1 aliphatic heterocycles. The van der Waals surface area contributed by atoms with Crippen molar-refractivity contribution in [1.82, 2.24) is 4.90 Å². The van der Waals surface area contributed by atoms with Crippen LogP contribution in [0.25, 0.3) is 0 Å². The first-order chi connectivity index (χ1) is 8.97. The molecule has 1 atom stereocenters. The summed E-state index contributed by atoms with van der Waals surface area (Å²) in [5.74, 6) is 1.43. The van der Waals surface area contributed by atoms with Gasteiger partial charge in [0, 0.05) is 13.2 Å². The summed E-state index contributed by atoms with van der Waals surface area (Å²) in [5, 5.41) is 0. The molecule has 3 heteroatoms.